The fourth-order valence-electron chi connectivity index (χ4n) is 2.58. The third kappa shape index (κ3) is 3.01. The summed E-state index contributed by atoms with van der Waals surface area (Å²) in [7, 11) is 1.74. The maximum atomic E-state index is 13.8. The quantitative estimate of drug-likeness (QED) is 0.797. The predicted octanol–water partition coefficient (Wildman–Crippen LogP) is 3.83. The van der Waals surface area contributed by atoms with E-state index in [-0.39, 0.29) is 23.1 Å². The second kappa shape index (κ2) is 6.16. The van der Waals surface area contributed by atoms with Crippen LogP contribution in [0.1, 0.15) is 21.5 Å². The fraction of sp³-hybridized carbons (Fsp3) is 0.235. The molecule has 120 valence electrons. The Bertz CT molecular complexity index is 779. The largest absolute Gasteiger partial charge is 0.488 e. The molecule has 1 aliphatic heterocycles. The van der Waals surface area contributed by atoms with Gasteiger partial charge in [0.2, 0.25) is 0 Å². The number of likely N-dealkylation sites (N-methyl/N-ethyl adjacent to an activating group) is 1. The van der Waals surface area contributed by atoms with Crippen LogP contribution in [0, 0.1) is 11.6 Å². The molecule has 1 heterocycles. The number of fused-ring (bicyclic) bond motifs is 1. The van der Waals surface area contributed by atoms with E-state index < -0.39 is 11.6 Å². The molecule has 0 N–H and O–H groups in total. The van der Waals surface area contributed by atoms with Crippen LogP contribution in [0.5, 0.6) is 5.75 Å². The molecule has 0 fully saturated rings. The first-order valence-electron chi connectivity index (χ1n) is 7.11. The molecule has 1 aliphatic rings. The van der Waals surface area contributed by atoms with Gasteiger partial charge >= 0.3 is 0 Å². The number of amides is 1. The van der Waals surface area contributed by atoms with Crippen LogP contribution < -0.4 is 4.74 Å². The summed E-state index contributed by atoms with van der Waals surface area (Å²) < 4.78 is 32.9. The highest BCUT2D eigenvalue weighted by Crippen LogP contribution is 2.29. The van der Waals surface area contributed by atoms with Crippen molar-refractivity contribution in [2.75, 3.05) is 13.6 Å². The van der Waals surface area contributed by atoms with Gasteiger partial charge in [0.15, 0.2) is 0 Å². The van der Waals surface area contributed by atoms with E-state index in [1.165, 1.54) is 0 Å². The summed E-state index contributed by atoms with van der Waals surface area (Å²) in [5.41, 5.74) is 1.45. The molecular weight excluding hydrogens is 324 g/mol. The molecule has 0 atom stereocenters. The molecule has 0 aliphatic carbocycles. The van der Waals surface area contributed by atoms with E-state index in [4.69, 9.17) is 16.3 Å². The summed E-state index contributed by atoms with van der Waals surface area (Å²) in [5, 5.41) is -0.267. The van der Waals surface area contributed by atoms with Crippen molar-refractivity contribution in [2.45, 2.75) is 13.0 Å². The number of nitrogens with zero attached hydrogens (tertiary/aromatic N) is 1. The highest BCUT2D eigenvalue weighted by Gasteiger charge is 2.24. The molecule has 0 aromatic heterocycles. The molecule has 0 saturated heterocycles. The number of benzene rings is 2. The maximum absolute atomic E-state index is 13.8. The van der Waals surface area contributed by atoms with Crippen molar-refractivity contribution in [3.05, 3.63) is 63.7 Å². The van der Waals surface area contributed by atoms with E-state index in [1.807, 2.05) is 0 Å². The Morgan fingerprint density at radius 2 is 2.04 bits per heavy atom. The Morgan fingerprint density at radius 1 is 1.26 bits per heavy atom. The highest BCUT2D eigenvalue weighted by atomic mass is 35.5. The van der Waals surface area contributed by atoms with Crippen molar-refractivity contribution in [1.29, 1.82) is 0 Å². The molecule has 3 rings (SSSR count). The molecule has 6 heteroatoms. The van der Waals surface area contributed by atoms with Crippen molar-refractivity contribution in [1.82, 2.24) is 4.90 Å². The summed E-state index contributed by atoms with van der Waals surface area (Å²) in [4.78, 5) is 13.8. The van der Waals surface area contributed by atoms with E-state index >= 15 is 0 Å². The maximum Gasteiger partial charge on any atom is 0.254 e. The van der Waals surface area contributed by atoms with Crippen molar-refractivity contribution < 1.29 is 18.3 Å². The first kappa shape index (κ1) is 15.7. The SMILES string of the molecule is CN1CCc2c(OCc3cc(F)c(Cl)cc3F)cccc2C1=O. The number of ether oxygens (including phenoxy) is 1. The lowest BCUT2D eigenvalue weighted by molar-refractivity contribution is 0.0779. The van der Waals surface area contributed by atoms with Crippen LogP contribution in [0.3, 0.4) is 0 Å². The zero-order valence-electron chi connectivity index (χ0n) is 12.4. The van der Waals surface area contributed by atoms with Gasteiger partial charge in [-0.05, 0) is 30.7 Å². The molecule has 0 bridgehead atoms. The molecule has 0 unspecified atom stereocenters. The van der Waals surface area contributed by atoms with Crippen molar-refractivity contribution in [2.24, 2.45) is 0 Å². The molecule has 0 spiro atoms. The summed E-state index contributed by atoms with van der Waals surface area (Å²) in [5.74, 6) is -0.880. The average Bonchev–Trinajstić information content (AvgIpc) is 2.53. The van der Waals surface area contributed by atoms with Gasteiger partial charge in [-0.25, -0.2) is 8.78 Å². The molecule has 2 aromatic rings. The van der Waals surface area contributed by atoms with Gasteiger partial charge in [0.05, 0.1) is 5.02 Å². The topological polar surface area (TPSA) is 29.5 Å². The van der Waals surface area contributed by atoms with E-state index in [0.717, 1.165) is 17.7 Å². The standard InChI is InChI=1S/C17H14ClF2NO2/c1-21-6-5-11-12(17(21)22)3-2-4-16(11)23-9-10-7-15(20)13(18)8-14(10)19/h2-4,7-8H,5-6,9H2,1H3. The number of hydrogen-bond donors (Lipinski definition) is 0. The van der Waals surface area contributed by atoms with Crippen LogP contribution in [0.25, 0.3) is 0 Å². The van der Waals surface area contributed by atoms with E-state index in [1.54, 1.807) is 30.1 Å². The van der Waals surface area contributed by atoms with Crippen LogP contribution in [0.2, 0.25) is 5.02 Å². The number of carbonyl (C=O) groups excluding carboxylic acids is 1. The Hall–Kier alpha value is -2.14. The van der Waals surface area contributed by atoms with Crippen LogP contribution in [-0.4, -0.2) is 24.4 Å². The lowest BCUT2D eigenvalue weighted by Gasteiger charge is -2.26. The van der Waals surface area contributed by atoms with Crippen LogP contribution in [0.4, 0.5) is 8.78 Å². The number of halogens is 3. The second-order valence-electron chi connectivity index (χ2n) is 5.41. The summed E-state index contributed by atoms with van der Waals surface area (Å²) in [6, 6.07) is 7.12. The lowest BCUT2D eigenvalue weighted by atomic mass is 9.98. The third-order valence-electron chi connectivity index (χ3n) is 3.88. The molecule has 0 saturated carbocycles. The average molecular weight is 338 g/mol. The molecule has 1 amide bonds. The van der Waals surface area contributed by atoms with Crippen molar-refractivity contribution in [3.8, 4) is 5.75 Å². The molecular formula is C17H14ClF2NO2. The molecule has 3 nitrogen and oxygen atoms in total. The minimum atomic E-state index is -0.696. The van der Waals surface area contributed by atoms with E-state index in [0.29, 0.717) is 24.3 Å². The summed E-state index contributed by atoms with van der Waals surface area (Å²) in [6.45, 7) is 0.455. The first-order chi connectivity index (χ1) is 11.0. The Morgan fingerprint density at radius 3 is 2.83 bits per heavy atom. The highest BCUT2D eigenvalue weighted by molar-refractivity contribution is 6.30. The van der Waals surface area contributed by atoms with Gasteiger partial charge in [-0.15, -0.1) is 0 Å². The van der Waals surface area contributed by atoms with Gasteiger partial charge in [0, 0.05) is 30.3 Å². The van der Waals surface area contributed by atoms with Gasteiger partial charge < -0.3 is 9.64 Å². The van der Waals surface area contributed by atoms with Crippen molar-refractivity contribution >= 4 is 17.5 Å². The van der Waals surface area contributed by atoms with Crippen LogP contribution >= 0.6 is 11.6 Å². The summed E-state index contributed by atoms with van der Waals surface area (Å²) in [6.07, 6.45) is 0.658. The smallest absolute Gasteiger partial charge is 0.254 e. The molecule has 23 heavy (non-hydrogen) atoms. The number of carbonyl (C=O) groups is 1. The fourth-order valence-corrected chi connectivity index (χ4v) is 2.73. The monoisotopic (exact) mass is 337 g/mol. The molecule has 0 radical (unpaired) electrons. The summed E-state index contributed by atoms with van der Waals surface area (Å²) >= 11 is 5.53. The Labute approximate surface area is 137 Å². The lowest BCUT2D eigenvalue weighted by Crippen LogP contribution is -2.34. The third-order valence-corrected chi connectivity index (χ3v) is 4.17. The predicted molar refractivity (Wildman–Crippen MR) is 82.8 cm³/mol. The van der Waals surface area contributed by atoms with Gasteiger partial charge in [-0.1, -0.05) is 17.7 Å². The van der Waals surface area contributed by atoms with E-state index in [9.17, 15) is 13.6 Å². The number of hydrogen-bond acceptors (Lipinski definition) is 2. The zero-order chi connectivity index (χ0) is 16.6. The van der Waals surface area contributed by atoms with E-state index in [2.05, 4.69) is 0 Å². The van der Waals surface area contributed by atoms with Gasteiger partial charge in [0.25, 0.3) is 5.91 Å². The van der Waals surface area contributed by atoms with Gasteiger partial charge in [-0.3, -0.25) is 4.79 Å². The number of rotatable bonds is 3. The van der Waals surface area contributed by atoms with Gasteiger partial charge in [-0.2, -0.15) is 0 Å². The van der Waals surface area contributed by atoms with Crippen molar-refractivity contribution in [3.63, 3.8) is 0 Å². The normalized spacial score (nSPS) is 13.9. The van der Waals surface area contributed by atoms with Crippen LogP contribution in [0.15, 0.2) is 30.3 Å². The minimum absolute atomic E-state index is 0.0691. The van der Waals surface area contributed by atoms with Crippen LogP contribution in [-0.2, 0) is 13.0 Å². The first-order valence-corrected chi connectivity index (χ1v) is 7.48. The zero-order valence-corrected chi connectivity index (χ0v) is 13.2. The molecule has 2 aromatic carbocycles. The Kier molecular flexibility index (Phi) is 4.22. The Balaban J connectivity index is 1.85. The second-order valence-corrected chi connectivity index (χ2v) is 5.81. The minimum Gasteiger partial charge on any atom is -0.488 e. The van der Waals surface area contributed by atoms with Gasteiger partial charge in [0.1, 0.15) is 24.0 Å².